The van der Waals surface area contributed by atoms with Crippen molar-refractivity contribution in [2.75, 3.05) is 13.1 Å². The predicted molar refractivity (Wildman–Crippen MR) is 105 cm³/mol. The van der Waals surface area contributed by atoms with E-state index in [0.717, 1.165) is 23.8 Å². The minimum absolute atomic E-state index is 0.109. The number of nitrogens with zero attached hydrogens (tertiary/aromatic N) is 1. The minimum Gasteiger partial charge on any atom is -0.451 e. The largest absolute Gasteiger partial charge is 0.451 e. The van der Waals surface area contributed by atoms with Crippen LogP contribution in [0, 0.1) is 5.82 Å². The Morgan fingerprint density at radius 1 is 1.15 bits per heavy atom. The molecule has 0 radical (unpaired) electrons. The van der Waals surface area contributed by atoms with Crippen LogP contribution in [0.3, 0.4) is 0 Å². The molecule has 0 aliphatic carbocycles. The molecule has 1 aliphatic heterocycles. The lowest BCUT2D eigenvalue weighted by Gasteiger charge is -2.29. The second-order valence-electron chi connectivity index (χ2n) is 6.75. The van der Waals surface area contributed by atoms with Crippen LogP contribution >= 0.6 is 11.8 Å². The van der Waals surface area contributed by atoms with Crippen LogP contribution in [0.25, 0.3) is 11.0 Å². The molecule has 1 amide bonds. The molecule has 4 rings (SSSR count). The van der Waals surface area contributed by atoms with E-state index in [9.17, 15) is 9.18 Å². The standard InChI is InChI=1S/C21H21FN2O2S/c22-17-6-2-4-8-19(17)27-13-16-15-5-1-3-7-18(15)26-20(16)21(25)24-11-9-14(23)10-12-24/h1-8,14H,9-13,23H2. The highest BCUT2D eigenvalue weighted by molar-refractivity contribution is 7.98. The van der Waals surface area contributed by atoms with Gasteiger partial charge < -0.3 is 15.1 Å². The summed E-state index contributed by atoms with van der Waals surface area (Å²) < 4.78 is 19.9. The first-order chi connectivity index (χ1) is 13.1. The zero-order chi connectivity index (χ0) is 18.8. The number of likely N-dealkylation sites (tertiary alicyclic amines) is 1. The van der Waals surface area contributed by atoms with Gasteiger partial charge in [-0.05, 0) is 31.0 Å². The molecule has 0 bridgehead atoms. The van der Waals surface area contributed by atoms with Gasteiger partial charge in [0, 0.05) is 40.7 Å². The van der Waals surface area contributed by atoms with Gasteiger partial charge in [0.1, 0.15) is 11.4 Å². The van der Waals surface area contributed by atoms with E-state index in [2.05, 4.69) is 0 Å². The predicted octanol–water partition coefficient (Wildman–Crippen LogP) is 4.43. The summed E-state index contributed by atoms with van der Waals surface area (Å²) in [4.78, 5) is 15.4. The molecule has 2 heterocycles. The summed E-state index contributed by atoms with van der Waals surface area (Å²) in [5.74, 6) is 0.456. The van der Waals surface area contributed by atoms with E-state index in [0.29, 0.717) is 35.1 Å². The van der Waals surface area contributed by atoms with Crippen LogP contribution in [0.15, 0.2) is 57.8 Å². The SMILES string of the molecule is NC1CCN(C(=O)c2oc3ccccc3c2CSc2ccccc2F)CC1. The van der Waals surface area contributed by atoms with Crippen LogP contribution in [0.4, 0.5) is 4.39 Å². The Morgan fingerprint density at radius 2 is 1.85 bits per heavy atom. The molecule has 1 aliphatic rings. The van der Waals surface area contributed by atoms with Crippen molar-refractivity contribution in [1.82, 2.24) is 4.90 Å². The topological polar surface area (TPSA) is 59.5 Å². The van der Waals surface area contributed by atoms with E-state index >= 15 is 0 Å². The van der Waals surface area contributed by atoms with Crippen molar-refractivity contribution in [1.29, 1.82) is 0 Å². The lowest BCUT2D eigenvalue weighted by atomic mass is 10.1. The number of piperidine rings is 1. The molecule has 2 aromatic carbocycles. The summed E-state index contributed by atoms with van der Waals surface area (Å²) in [7, 11) is 0. The lowest BCUT2D eigenvalue weighted by Crippen LogP contribution is -2.42. The van der Waals surface area contributed by atoms with Gasteiger partial charge in [0.25, 0.3) is 5.91 Å². The fourth-order valence-corrected chi connectivity index (χ4v) is 4.34. The normalized spacial score (nSPS) is 15.4. The number of thioether (sulfide) groups is 1. The van der Waals surface area contributed by atoms with E-state index in [1.807, 2.05) is 30.3 Å². The molecule has 0 saturated carbocycles. The lowest BCUT2D eigenvalue weighted by molar-refractivity contribution is 0.0684. The smallest absolute Gasteiger partial charge is 0.289 e. The van der Waals surface area contributed by atoms with Crippen molar-refractivity contribution in [3.05, 3.63) is 65.7 Å². The number of rotatable bonds is 4. The highest BCUT2D eigenvalue weighted by atomic mass is 32.2. The van der Waals surface area contributed by atoms with Crippen LogP contribution in [0.2, 0.25) is 0 Å². The Bertz CT molecular complexity index is 964. The first-order valence-corrected chi connectivity index (χ1v) is 10.0. The van der Waals surface area contributed by atoms with Crippen LogP contribution in [0.5, 0.6) is 0 Å². The van der Waals surface area contributed by atoms with Crippen molar-refractivity contribution in [2.24, 2.45) is 5.73 Å². The quantitative estimate of drug-likeness (QED) is 0.676. The maximum Gasteiger partial charge on any atom is 0.289 e. The summed E-state index contributed by atoms with van der Waals surface area (Å²) in [6, 6.07) is 14.4. The number of carbonyl (C=O) groups is 1. The van der Waals surface area contributed by atoms with E-state index < -0.39 is 0 Å². The molecule has 27 heavy (non-hydrogen) atoms. The van der Waals surface area contributed by atoms with Crippen molar-refractivity contribution in [2.45, 2.75) is 29.5 Å². The van der Waals surface area contributed by atoms with E-state index in [-0.39, 0.29) is 17.8 Å². The van der Waals surface area contributed by atoms with Gasteiger partial charge in [-0.25, -0.2) is 4.39 Å². The minimum atomic E-state index is -0.256. The van der Waals surface area contributed by atoms with Gasteiger partial charge in [-0.2, -0.15) is 0 Å². The Kier molecular flexibility index (Phi) is 5.18. The Hall–Kier alpha value is -2.31. The highest BCUT2D eigenvalue weighted by Crippen LogP contribution is 2.33. The van der Waals surface area contributed by atoms with Crippen molar-refractivity contribution in [3.63, 3.8) is 0 Å². The first-order valence-electron chi connectivity index (χ1n) is 9.06. The second-order valence-corrected chi connectivity index (χ2v) is 7.77. The Balaban J connectivity index is 1.65. The number of benzene rings is 2. The van der Waals surface area contributed by atoms with Gasteiger partial charge in [0.15, 0.2) is 5.76 Å². The summed E-state index contributed by atoms with van der Waals surface area (Å²) in [5.41, 5.74) is 7.45. The molecule has 4 nitrogen and oxygen atoms in total. The molecule has 0 unspecified atom stereocenters. The molecular weight excluding hydrogens is 363 g/mol. The van der Waals surface area contributed by atoms with Crippen LogP contribution in [-0.4, -0.2) is 29.9 Å². The number of amides is 1. The zero-order valence-corrected chi connectivity index (χ0v) is 15.7. The van der Waals surface area contributed by atoms with Gasteiger partial charge >= 0.3 is 0 Å². The third-order valence-electron chi connectivity index (χ3n) is 4.93. The zero-order valence-electron chi connectivity index (χ0n) is 14.9. The third kappa shape index (κ3) is 3.73. The number of halogens is 1. The van der Waals surface area contributed by atoms with Crippen LogP contribution in [0.1, 0.15) is 29.0 Å². The maximum atomic E-state index is 14.0. The molecule has 140 valence electrons. The van der Waals surface area contributed by atoms with Gasteiger partial charge in [0.2, 0.25) is 0 Å². The fraction of sp³-hybridized carbons (Fsp3) is 0.286. The van der Waals surface area contributed by atoms with Crippen molar-refractivity contribution >= 4 is 28.6 Å². The Morgan fingerprint density at radius 3 is 2.63 bits per heavy atom. The number of hydrogen-bond acceptors (Lipinski definition) is 4. The van der Waals surface area contributed by atoms with E-state index in [1.165, 1.54) is 17.8 Å². The summed E-state index contributed by atoms with van der Waals surface area (Å²) in [6.07, 6.45) is 1.59. The van der Waals surface area contributed by atoms with E-state index in [1.54, 1.807) is 17.0 Å². The molecule has 0 atom stereocenters. The summed E-state index contributed by atoms with van der Waals surface area (Å²) in [6.45, 7) is 1.27. The Labute approximate surface area is 161 Å². The second kappa shape index (κ2) is 7.74. The molecule has 1 aromatic heterocycles. The molecule has 3 aromatic rings. The summed E-state index contributed by atoms with van der Waals surface area (Å²) >= 11 is 1.37. The van der Waals surface area contributed by atoms with Crippen molar-refractivity contribution in [3.8, 4) is 0 Å². The highest BCUT2D eigenvalue weighted by Gasteiger charge is 2.27. The summed E-state index contributed by atoms with van der Waals surface area (Å²) in [5, 5.41) is 0.901. The fourth-order valence-electron chi connectivity index (χ4n) is 3.37. The monoisotopic (exact) mass is 384 g/mol. The van der Waals surface area contributed by atoms with Crippen LogP contribution < -0.4 is 5.73 Å². The number of para-hydroxylation sites is 1. The molecule has 1 fully saturated rings. The number of hydrogen-bond donors (Lipinski definition) is 1. The first kappa shape index (κ1) is 18.1. The maximum absolute atomic E-state index is 14.0. The molecule has 1 saturated heterocycles. The van der Waals surface area contributed by atoms with Gasteiger partial charge in [-0.1, -0.05) is 30.3 Å². The molecular formula is C21H21FN2O2S. The van der Waals surface area contributed by atoms with E-state index in [4.69, 9.17) is 10.2 Å². The van der Waals surface area contributed by atoms with Gasteiger partial charge in [-0.3, -0.25) is 4.79 Å². The number of fused-ring (bicyclic) bond motifs is 1. The molecule has 2 N–H and O–H groups in total. The van der Waals surface area contributed by atoms with Gasteiger partial charge in [0.05, 0.1) is 0 Å². The number of carbonyl (C=O) groups excluding carboxylic acids is 1. The van der Waals surface area contributed by atoms with Gasteiger partial charge in [-0.15, -0.1) is 11.8 Å². The number of furan rings is 1. The molecule has 0 spiro atoms. The average molecular weight is 384 g/mol. The molecule has 6 heteroatoms. The third-order valence-corrected chi connectivity index (χ3v) is 6.00. The average Bonchev–Trinajstić information content (AvgIpc) is 3.06. The number of nitrogens with two attached hydrogens (primary N) is 1. The van der Waals surface area contributed by atoms with Crippen LogP contribution in [-0.2, 0) is 5.75 Å². The van der Waals surface area contributed by atoms with Crippen molar-refractivity contribution < 1.29 is 13.6 Å².